The first-order valence-electron chi connectivity index (χ1n) is 4.33. The van der Waals surface area contributed by atoms with E-state index in [-0.39, 0.29) is 10.6 Å². The molecular weight excluding hydrogens is 245 g/mol. The molecule has 1 aromatic carbocycles. The molecule has 1 aromatic rings. The molecule has 16 heavy (non-hydrogen) atoms. The maximum atomic E-state index is 12.6. The van der Waals surface area contributed by atoms with Crippen molar-refractivity contribution < 1.29 is 23.1 Å². The minimum Gasteiger partial charge on any atom is -0.481 e. The van der Waals surface area contributed by atoms with Gasteiger partial charge in [0.25, 0.3) is 0 Å². The second-order valence-corrected chi connectivity index (χ2v) is 3.73. The monoisotopic (exact) mass is 252 g/mol. The molecule has 6 heteroatoms. The van der Waals surface area contributed by atoms with E-state index >= 15 is 0 Å². The number of aliphatic carboxylic acids is 1. The van der Waals surface area contributed by atoms with Crippen molar-refractivity contribution in [2.24, 2.45) is 0 Å². The molecule has 0 aliphatic rings. The van der Waals surface area contributed by atoms with Gasteiger partial charge in [-0.2, -0.15) is 13.2 Å². The van der Waals surface area contributed by atoms with Crippen LogP contribution in [0.15, 0.2) is 18.2 Å². The summed E-state index contributed by atoms with van der Waals surface area (Å²) in [6.07, 6.45) is -4.61. The SMILES string of the molecule is CC(C(=O)O)c1ccc(Cl)cc1C(F)(F)F. The topological polar surface area (TPSA) is 37.3 Å². The third-order valence-corrected chi connectivity index (χ3v) is 2.39. The minimum atomic E-state index is -4.61. The highest BCUT2D eigenvalue weighted by molar-refractivity contribution is 6.30. The fourth-order valence-electron chi connectivity index (χ4n) is 1.28. The summed E-state index contributed by atoms with van der Waals surface area (Å²) >= 11 is 5.46. The number of carbonyl (C=O) groups is 1. The van der Waals surface area contributed by atoms with Crippen LogP contribution in [0.4, 0.5) is 13.2 Å². The Hall–Kier alpha value is -1.23. The second-order valence-electron chi connectivity index (χ2n) is 3.29. The molecular formula is C10H8ClF3O2. The molecule has 1 N–H and O–H groups in total. The van der Waals surface area contributed by atoms with E-state index in [2.05, 4.69) is 0 Å². The Morgan fingerprint density at radius 2 is 2.00 bits per heavy atom. The Morgan fingerprint density at radius 3 is 2.44 bits per heavy atom. The predicted molar refractivity (Wildman–Crippen MR) is 52.5 cm³/mol. The lowest BCUT2D eigenvalue weighted by atomic mass is 9.95. The van der Waals surface area contributed by atoms with Crippen molar-refractivity contribution in [1.29, 1.82) is 0 Å². The van der Waals surface area contributed by atoms with E-state index in [0.717, 1.165) is 12.1 Å². The van der Waals surface area contributed by atoms with Crippen LogP contribution in [0.3, 0.4) is 0 Å². The van der Waals surface area contributed by atoms with Gasteiger partial charge in [0, 0.05) is 5.02 Å². The number of alkyl halides is 3. The molecule has 0 bridgehead atoms. The maximum absolute atomic E-state index is 12.6. The third kappa shape index (κ3) is 2.66. The van der Waals surface area contributed by atoms with Gasteiger partial charge in [-0.3, -0.25) is 4.79 Å². The zero-order valence-electron chi connectivity index (χ0n) is 8.18. The molecule has 0 amide bonds. The molecule has 1 rings (SSSR count). The summed E-state index contributed by atoms with van der Waals surface area (Å²) in [4.78, 5) is 10.7. The first-order chi connectivity index (χ1) is 7.23. The summed E-state index contributed by atoms with van der Waals surface area (Å²) in [5.74, 6) is -2.54. The highest BCUT2D eigenvalue weighted by Crippen LogP contribution is 2.36. The van der Waals surface area contributed by atoms with Crippen molar-refractivity contribution in [2.75, 3.05) is 0 Å². The minimum absolute atomic E-state index is 0.0753. The molecule has 88 valence electrons. The molecule has 0 aromatic heterocycles. The van der Waals surface area contributed by atoms with Gasteiger partial charge in [0.15, 0.2) is 0 Å². The zero-order chi connectivity index (χ0) is 12.5. The molecule has 0 heterocycles. The van der Waals surface area contributed by atoms with E-state index in [4.69, 9.17) is 16.7 Å². The lowest BCUT2D eigenvalue weighted by Crippen LogP contribution is -2.15. The molecule has 0 saturated carbocycles. The summed E-state index contributed by atoms with van der Waals surface area (Å²) in [6.45, 7) is 1.20. The summed E-state index contributed by atoms with van der Waals surface area (Å²) in [5.41, 5.74) is -1.29. The van der Waals surface area contributed by atoms with Crippen molar-refractivity contribution >= 4 is 17.6 Å². The van der Waals surface area contributed by atoms with Crippen LogP contribution in [0.2, 0.25) is 5.02 Å². The summed E-state index contributed by atoms with van der Waals surface area (Å²) in [6, 6.07) is 3.06. The number of carboxylic acid groups (broad SMARTS) is 1. The molecule has 1 unspecified atom stereocenters. The van der Waals surface area contributed by atoms with Crippen molar-refractivity contribution in [3.63, 3.8) is 0 Å². The lowest BCUT2D eigenvalue weighted by molar-refractivity contribution is -0.141. The smallest absolute Gasteiger partial charge is 0.416 e. The fourth-order valence-corrected chi connectivity index (χ4v) is 1.46. The van der Waals surface area contributed by atoms with Gasteiger partial charge in [-0.1, -0.05) is 17.7 Å². The number of rotatable bonds is 2. The van der Waals surface area contributed by atoms with Crippen molar-refractivity contribution in [2.45, 2.75) is 19.0 Å². The largest absolute Gasteiger partial charge is 0.481 e. The van der Waals surface area contributed by atoms with E-state index in [0.29, 0.717) is 0 Å². The van der Waals surface area contributed by atoms with Crippen LogP contribution >= 0.6 is 11.6 Å². The van der Waals surface area contributed by atoms with E-state index < -0.39 is 23.6 Å². The standard InChI is InChI=1S/C10H8ClF3O2/c1-5(9(15)16)7-3-2-6(11)4-8(7)10(12,13)14/h2-5H,1H3,(H,15,16). The Bertz CT molecular complexity index is 415. The van der Waals surface area contributed by atoms with Gasteiger partial charge in [0.05, 0.1) is 11.5 Å². The summed E-state index contributed by atoms with van der Waals surface area (Å²) in [5, 5.41) is 8.62. The Morgan fingerprint density at radius 1 is 1.44 bits per heavy atom. The van der Waals surface area contributed by atoms with Crippen LogP contribution < -0.4 is 0 Å². The number of hydrogen-bond acceptors (Lipinski definition) is 1. The van der Waals surface area contributed by atoms with E-state index in [1.807, 2.05) is 0 Å². The molecule has 0 aliphatic heterocycles. The average Bonchev–Trinajstić information content (AvgIpc) is 2.15. The van der Waals surface area contributed by atoms with E-state index in [9.17, 15) is 18.0 Å². The zero-order valence-corrected chi connectivity index (χ0v) is 8.93. The van der Waals surface area contributed by atoms with Gasteiger partial charge < -0.3 is 5.11 Å². The van der Waals surface area contributed by atoms with Crippen LogP contribution in [-0.2, 0) is 11.0 Å². The van der Waals surface area contributed by atoms with Gasteiger partial charge in [0.2, 0.25) is 0 Å². The first kappa shape index (κ1) is 12.8. The molecule has 0 fully saturated rings. The average molecular weight is 253 g/mol. The predicted octanol–water partition coefficient (Wildman–Crippen LogP) is 3.55. The van der Waals surface area contributed by atoms with Crippen molar-refractivity contribution in [3.8, 4) is 0 Å². The third-order valence-electron chi connectivity index (χ3n) is 2.16. The van der Waals surface area contributed by atoms with E-state index in [1.165, 1.54) is 13.0 Å². The molecule has 0 aliphatic carbocycles. The quantitative estimate of drug-likeness (QED) is 0.874. The highest BCUT2D eigenvalue weighted by Gasteiger charge is 2.35. The van der Waals surface area contributed by atoms with Gasteiger partial charge in [0.1, 0.15) is 0 Å². The normalized spacial score (nSPS) is 13.6. The fraction of sp³-hybridized carbons (Fsp3) is 0.300. The number of benzene rings is 1. The maximum Gasteiger partial charge on any atom is 0.416 e. The van der Waals surface area contributed by atoms with E-state index in [1.54, 1.807) is 0 Å². The van der Waals surface area contributed by atoms with Crippen LogP contribution in [-0.4, -0.2) is 11.1 Å². The molecule has 0 saturated heterocycles. The van der Waals surface area contributed by atoms with Gasteiger partial charge >= 0.3 is 12.1 Å². The number of hydrogen-bond donors (Lipinski definition) is 1. The number of halogens is 4. The Kier molecular flexibility index (Phi) is 3.48. The van der Waals surface area contributed by atoms with Gasteiger partial charge in [-0.05, 0) is 24.6 Å². The van der Waals surface area contributed by atoms with Crippen LogP contribution in [0.1, 0.15) is 24.0 Å². The molecule has 2 nitrogen and oxygen atoms in total. The summed E-state index contributed by atoms with van der Waals surface area (Å²) < 4.78 is 37.8. The molecule has 0 radical (unpaired) electrons. The van der Waals surface area contributed by atoms with Crippen LogP contribution in [0.25, 0.3) is 0 Å². The highest BCUT2D eigenvalue weighted by atomic mass is 35.5. The van der Waals surface area contributed by atoms with Crippen molar-refractivity contribution in [3.05, 3.63) is 34.3 Å². The Labute approximate surface area is 94.6 Å². The first-order valence-corrected chi connectivity index (χ1v) is 4.70. The van der Waals surface area contributed by atoms with Gasteiger partial charge in [-0.25, -0.2) is 0 Å². The summed E-state index contributed by atoms with van der Waals surface area (Å²) in [7, 11) is 0. The molecule has 0 spiro atoms. The van der Waals surface area contributed by atoms with Crippen LogP contribution in [0.5, 0.6) is 0 Å². The second kappa shape index (κ2) is 4.33. The lowest BCUT2D eigenvalue weighted by Gasteiger charge is -2.15. The van der Waals surface area contributed by atoms with Gasteiger partial charge in [-0.15, -0.1) is 0 Å². The number of carboxylic acids is 1. The van der Waals surface area contributed by atoms with Crippen molar-refractivity contribution in [1.82, 2.24) is 0 Å². The Balaban J connectivity index is 3.34. The van der Waals surface area contributed by atoms with Crippen LogP contribution in [0, 0.1) is 0 Å². The molecule has 1 atom stereocenters.